The predicted molar refractivity (Wildman–Crippen MR) is 77.2 cm³/mol. The Balaban J connectivity index is 2.35. The first-order valence-electron chi connectivity index (χ1n) is 6.74. The average molecular weight is 295 g/mol. The molecule has 21 heavy (non-hydrogen) atoms. The van der Waals surface area contributed by atoms with Crippen LogP contribution < -0.4 is 10.1 Å². The molecule has 0 fully saturated rings. The number of amides is 1. The van der Waals surface area contributed by atoms with E-state index in [-0.39, 0.29) is 18.4 Å². The van der Waals surface area contributed by atoms with Crippen LogP contribution in [-0.2, 0) is 14.3 Å². The van der Waals surface area contributed by atoms with Crippen LogP contribution in [0.5, 0.6) is 5.75 Å². The SMILES string of the molecule is COCC(NC(=O)C(C)CCOc1ccccc1)C(=O)O. The monoisotopic (exact) mass is 295 g/mol. The van der Waals surface area contributed by atoms with E-state index in [0.29, 0.717) is 13.0 Å². The molecule has 1 aromatic rings. The van der Waals surface area contributed by atoms with Gasteiger partial charge in [-0.1, -0.05) is 25.1 Å². The first kappa shape index (κ1) is 17.0. The maximum atomic E-state index is 11.9. The van der Waals surface area contributed by atoms with E-state index in [2.05, 4.69) is 5.32 Å². The zero-order valence-electron chi connectivity index (χ0n) is 12.2. The molecule has 1 amide bonds. The van der Waals surface area contributed by atoms with Crippen LogP contribution in [0.1, 0.15) is 13.3 Å². The summed E-state index contributed by atoms with van der Waals surface area (Å²) in [6.07, 6.45) is 0.500. The highest BCUT2D eigenvalue weighted by molar-refractivity contribution is 5.84. The van der Waals surface area contributed by atoms with Gasteiger partial charge in [0.25, 0.3) is 0 Å². The number of hydrogen-bond acceptors (Lipinski definition) is 4. The van der Waals surface area contributed by atoms with Gasteiger partial charge >= 0.3 is 5.97 Å². The fraction of sp³-hybridized carbons (Fsp3) is 0.467. The number of aliphatic carboxylic acids is 1. The predicted octanol–water partition coefficient (Wildman–Crippen LogP) is 1.31. The molecule has 0 aliphatic rings. The van der Waals surface area contributed by atoms with Gasteiger partial charge in [0.2, 0.25) is 5.91 Å². The number of carbonyl (C=O) groups excluding carboxylic acids is 1. The summed E-state index contributed by atoms with van der Waals surface area (Å²) in [5.74, 6) is -1.03. The molecule has 2 N–H and O–H groups in total. The van der Waals surface area contributed by atoms with E-state index >= 15 is 0 Å². The Bertz CT molecular complexity index is 449. The van der Waals surface area contributed by atoms with Crippen molar-refractivity contribution in [1.29, 1.82) is 0 Å². The summed E-state index contributed by atoms with van der Waals surface area (Å²) in [7, 11) is 1.39. The highest BCUT2D eigenvalue weighted by atomic mass is 16.5. The third-order valence-corrected chi connectivity index (χ3v) is 2.96. The lowest BCUT2D eigenvalue weighted by Crippen LogP contribution is -2.46. The standard InChI is InChI=1S/C15H21NO5/c1-11(8-9-21-12-6-4-3-5-7-12)14(17)16-13(10-20-2)15(18)19/h3-7,11,13H,8-10H2,1-2H3,(H,16,17)(H,18,19). The van der Waals surface area contributed by atoms with Gasteiger partial charge in [-0.05, 0) is 18.6 Å². The molecule has 0 radical (unpaired) electrons. The molecule has 0 heterocycles. The van der Waals surface area contributed by atoms with Crippen LogP contribution in [0.15, 0.2) is 30.3 Å². The smallest absolute Gasteiger partial charge is 0.328 e. The molecule has 0 aliphatic carbocycles. The van der Waals surface area contributed by atoms with Crippen molar-refractivity contribution in [3.05, 3.63) is 30.3 Å². The van der Waals surface area contributed by atoms with Crippen molar-refractivity contribution in [3.8, 4) is 5.75 Å². The van der Waals surface area contributed by atoms with Crippen molar-refractivity contribution >= 4 is 11.9 Å². The van der Waals surface area contributed by atoms with Gasteiger partial charge in [0.1, 0.15) is 5.75 Å². The van der Waals surface area contributed by atoms with E-state index in [1.807, 2.05) is 30.3 Å². The second kappa shape index (κ2) is 8.97. The van der Waals surface area contributed by atoms with Crippen molar-refractivity contribution in [3.63, 3.8) is 0 Å². The Morgan fingerprint density at radius 1 is 1.29 bits per heavy atom. The maximum Gasteiger partial charge on any atom is 0.328 e. The molecular formula is C15H21NO5. The first-order chi connectivity index (χ1) is 10.0. The van der Waals surface area contributed by atoms with Crippen molar-refractivity contribution in [1.82, 2.24) is 5.32 Å². The molecule has 116 valence electrons. The zero-order valence-corrected chi connectivity index (χ0v) is 12.2. The van der Waals surface area contributed by atoms with Crippen LogP contribution in [0.2, 0.25) is 0 Å². The Morgan fingerprint density at radius 2 is 1.95 bits per heavy atom. The van der Waals surface area contributed by atoms with Gasteiger partial charge in [-0.3, -0.25) is 4.79 Å². The number of para-hydroxylation sites is 1. The normalized spacial score (nSPS) is 13.2. The summed E-state index contributed by atoms with van der Waals surface area (Å²) in [4.78, 5) is 22.8. The van der Waals surface area contributed by atoms with Crippen LogP contribution in [0.3, 0.4) is 0 Å². The lowest BCUT2D eigenvalue weighted by atomic mass is 10.1. The van der Waals surface area contributed by atoms with E-state index in [4.69, 9.17) is 14.6 Å². The van der Waals surface area contributed by atoms with Gasteiger partial charge in [0.05, 0.1) is 13.2 Å². The van der Waals surface area contributed by atoms with Crippen LogP contribution in [0.4, 0.5) is 0 Å². The van der Waals surface area contributed by atoms with Crippen LogP contribution in [0, 0.1) is 5.92 Å². The fourth-order valence-electron chi connectivity index (χ4n) is 1.66. The van der Waals surface area contributed by atoms with E-state index in [0.717, 1.165) is 5.75 Å². The Labute approximate surface area is 124 Å². The minimum atomic E-state index is -1.11. The number of hydrogen-bond donors (Lipinski definition) is 2. The minimum Gasteiger partial charge on any atom is -0.494 e. The van der Waals surface area contributed by atoms with Gasteiger partial charge in [-0.15, -0.1) is 0 Å². The van der Waals surface area contributed by atoms with Crippen LogP contribution >= 0.6 is 0 Å². The number of rotatable bonds is 9. The molecule has 0 saturated carbocycles. The van der Waals surface area contributed by atoms with E-state index in [1.165, 1.54) is 7.11 Å². The first-order valence-corrected chi connectivity index (χ1v) is 6.74. The summed E-state index contributed by atoms with van der Waals surface area (Å²) < 4.78 is 10.3. The molecule has 0 aliphatic heterocycles. The molecule has 2 unspecified atom stereocenters. The highest BCUT2D eigenvalue weighted by Gasteiger charge is 2.22. The number of benzene rings is 1. The number of nitrogens with one attached hydrogen (secondary N) is 1. The lowest BCUT2D eigenvalue weighted by Gasteiger charge is -2.17. The average Bonchev–Trinajstić information content (AvgIpc) is 2.47. The van der Waals surface area contributed by atoms with Gasteiger partial charge in [-0.25, -0.2) is 4.79 Å². The Morgan fingerprint density at radius 3 is 2.52 bits per heavy atom. The molecule has 6 heteroatoms. The zero-order chi connectivity index (χ0) is 15.7. The van der Waals surface area contributed by atoms with Crippen molar-refractivity contribution in [2.75, 3.05) is 20.3 Å². The number of carbonyl (C=O) groups is 2. The maximum absolute atomic E-state index is 11.9. The summed E-state index contributed by atoms with van der Waals surface area (Å²) in [6.45, 7) is 2.06. The summed E-state index contributed by atoms with van der Waals surface area (Å²) in [5, 5.41) is 11.4. The number of carboxylic acid groups (broad SMARTS) is 1. The molecule has 0 bridgehead atoms. The topological polar surface area (TPSA) is 84.9 Å². The van der Waals surface area contributed by atoms with Gasteiger partial charge in [-0.2, -0.15) is 0 Å². The van der Waals surface area contributed by atoms with E-state index in [9.17, 15) is 9.59 Å². The molecule has 0 spiro atoms. The molecule has 6 nitrogen and oxygen atoms in total. The largest absolute Gasteiger partial charge is 0.494 e. The van der Waals surface area contributed by atoms with Crippen molar-refractivity contribution in [2.45, 2.75) is 19.4 Å². The van der Waals surface area contributed by atoms with Gasteiger partial charge < -0.3 is 19.9 Å². The quantitative estimate of drug-likeness (QED) is 0.717. The molecule has 1 aromatic carbocycles. The third-order valence-electron chi connectivity index (χ3n) is 2.96. The molecular weight excluding hydrogens is 274 g/mol. The number of ether oxygens (including phenoxy) is 2. The molecule has 0 saturated heterocycles. The molecule has 1 rings (SSSR count). The molecule has 0 aromatic heterocycles. The summed E-state index contributed by atoms with van der Waals surface area (Å²) >= 11 is 0. The highest BCUT2D eigenvalue weighted by Crippen LogP contribution is 2.10. The van der Waals surface area contributed by atoms with Crippen molar-refractivity contribution in [2.24, 2.45) is 5.92 Å². The van der Waals surface area contributed by atoms with Crippen LogP contribution in [-0.4, -0.2) is 43.3 Å². The third kappa shape index (κ3) is 6.27. The lowest BCUT2D eigenvalue weighted by molar-refractivity contribution is -0.143. The summed E-state index contributed by atoms with van der Waals surface area (Å²) in [5.41, 5.74) is 0. The second-order valence-corrected chi connectivity index (χ2v) is 4.71. The molecule has 2 atom stereocenters. The minimum absolute atomic E-state index is 0.0612. The van der Waals surface area contributed by atoms with E-state index in [1.54, 1.807) is 6.92 Å². The number of methoxy groups -OCH3 is 1. The Hall–Kier alpha value is -2.08. The Kier molecular flexibility index (Phi) is 7.25. The second-order valence-electron chi connectivity index (χ2n) is 4.71. The van der Waals surface area contributed by atoms with Gasteiger partial charge in [0, 0.05) is 13.0 Å². The number of carboxylic acids is 1. The van der Waals surface area contributed by atoms with Crippen LogP contribution in [0.25, 0.3) is 0 Å². The fourth-order valence-corrected chi connectivity index (χ4v) is 1.66. The summed E-state index contributed by atoms with van der Waals surface area (Å²) in [6, 6.07) is 8.28. The van der Waals surface area contributed by atoms with Crippen molar-refractivity contribution < 1.29 is 24.2 Å². The van der Waals surface area contributed by atoms with Gasteiger partial charge in [0.15, 0.2) is 6.04 Å². The van der Waals surface area contributed by atoms with E-state index < -0.39 is 12.0 Å².